The first-order chi connectivity index (χ1) is 12.1. The molecule has 0 aromatic heterocycles. The van der Waals surface area contributed by atoms with E-state index in [-0.39, 0.29) is 0 Å². The number of rotatable bonds is 8. The molecule has 6 heteroatoms. The Morgan fingerprint density at radius 2 is 1.80 bits per heavy atom. The molecule has 2 atom stereocenters. The maximum atomic E-state index is 9.34. The summed E-state index contributed by atoms with van der Waals surface area (Å²) < 4.78 is 15.1. The van der Waals surface area contributed by atoms with Crippen molar-refractivity contribution < 1.29 is 29.2 Å². The van der Waals surface area contributed by atoms with Gasteiger partial charge in [-0.1, -0.05) is 38.1 Å². The van der Waals surface area contributed by atoms with E-state index in [1.807, 2.05) is 18.2 Å². The Morgan fingerprint density at radius 3 is 2.20 bits per heavy atom. The molecule has 2 aliphatic rings. The molecule has 3 rings (SSSR count). The second-order valence-corrected chi connectivity index (χ2v) is 5.72. The number of aromatic hydroxyl groups is 1. The molecule has 25 heavy (non-hydrogen) atoms. The normalized spacial score (nSPS) is 19.6. The molecule has 2 N–H and O–H groups in total. The summed E-state index contributed by atoms with van der Waals surface area (Å²) in [4.78, 5) is 9.25. The van der Waals surface area contributed by atoms with Crippen molar-refractivity contribution >= 4 is 5.97 Å². The van der Waals surface area contributed by atoms with E-state index in [4.69, 9.17) is 19.3 Å². The Kier molecular flexibility index (Phi) is 10.6. The number of phenolic OH excluding ortho intramolecular Hbond substituents is 1. The highest BCUT2D eigenvalue weighted by molar-refractivity contribution is 5.78. The van der Waals surface area contributed by atoms with Crippen LogP contribution in [-0.2, 0) is 25.4 Å². The number of aliphatic carboxylic acids is 1. The van der Waals surface area contributed by atoms with E-state index in [2.05, 4.69) is 13.5 Å². The van der Waals surface area contributed by atoms with Gasteiger partial charge in [0.2, 0.25) is 0 Å². The number of phenols is 1. The molecule has 0 spiro atoms. The SMILES string of the molecule is C(OCC1CO1)C1CO1.C=CC(=O)O.CCCCc1ccccc1O. The predicted molar refractivity (Wildman–Crippen MR) is 94.9 cm³/mol. The predicted octanol–water partition coefficient (Wildman–Crippen LogP) is 2.79. The van der Waals surface area contributed by atoms with Crippen molar-refractivity contribution in [1.82, 2.24) is 0 Å². The summed E-state index contributed by atoms with van der Waals surface area (Å²) in [6, 6.07) is 7.53. The first-order valence-electron chi connectivity index (χ1n) is 8.50. The fourth-order valence-corrected chi connectivity index (χ4v) is 1.75. The van der Waals surface area contributed by atoms with Crippen LogP contribution in [0.15, 0.2) is 36.9 Å². The van der Waals surface area contributed by atoms with Gasteiger partial charge in [0.05, 0.1) is 26.4 Å². The minimum atomic E-state index is -0.981. The molecule has 2 saturated heterocycles. The van der Waals surface area contributed by atoms with E-state index < -0.39 is 5.97 Å². The van der Waals surface area contributed by atoms with Crippen LogP contribution in [0.3, 0.4) is 0 Å². The van der Waals surface area contributed by atoms with E-state index in [0.717, 1.165) is 50.9 Å². The average Bonchev–Trinajstić information content (AvgIpc) is 3.51. The highest BCUT2D eigenvalue weighted by Crippen LogP contribution is 2.17. The molecule has 2 unspecified atom stereocenters. The van der Waals surface area contributed by atoms with Gasteiger partial charge in [-0.05, 0) is 24.5 Å². The molecule has 0 aliphatic carbocycles. The number of benzene rings is 1. The summed E-state index contributed by atoms with van der Waals surface area (Å²) in [5, 5.41) is 16.9. The first-order valence-corrected chi connectivity index (χ1v) is 8.50. The van der Waals surface area contributed by atoms with Gasteiger partial charge in [-0.25, -0.2) is 4.79 Å². The lowest BCUT2D eigenvalue weighted by molar-refractivity contribution is -0.131. The summed E-state index contributed by atoms with van der Waals surface area (Å²) in [5.74, 6) is -0.550. The number of para-hydroxylation sites is 1. The molecule has 140 valence electrons. The maximum absolute atomic E-state index is 9.34. The maximum Gasteiger partial charge on any atom is 0.327 e. The smallest absolute Gasteiger partial charge is 0.327 e. The highest BCUT2D eigenvalue weighted by atomic mass is 16.6. The van der Waals surface area contributed by atoms with E-state index in [9.17, 15) is 9.90 Å². The van der Waals surface area contributed by atoms with Crippen molar-refractivity contribution in [3.63, 3.8) is 0 Å². The second kappa shape index (κ2) is 12.5. The van der Waals surface area contributed by atoms with Gasteiger partial charge in [-0.2, -0.15) is 0 Å². The van der Waals surface area contributed by atoms with Crippen LogP contribution in [0.1, 0.15) is 25.3 Å². The van der Waals surface area contributed by atoms with Crippen molar-refractivity contribution in [2.24, 2.45) is 0 Å². The number of ether oxygens (including phenoxy) is 3. The molecule has 6 nitrogen and oxygen atoms in total. The third-order valence-electron chi connectivity index (χ3n) is 3.38. The Bertz CT molecular complexity index is 496. The molecule has 2 fully saturated rings. The van der Waals surface area contributed by atoms with Gasteiger partial charge >= 0.3 is 5.97 Å². The number of carbonyl (C=O) groups is 1. The van der Waals surface area contributed by atoms with Crippen molar-refractivity contribution in [2.45, 2.75) is 38.4 Å². The Morgan fingerprint density at radius 1 is 1.28 bits per heavy atom. The van der Waals surface area contributed by atoms with Crippen LogP contribution in [0, 0.1) is 0 Å². The molecule has 0 radical (unpaired) electrons. The average molecular weight is 352 g/mol. The lowest BCUT2D eigenvalue weighted by atomic mass is 10.1. The topological polar surface area (TPSA) is 91.8 Å². The molecule has 2 aliphatic heterocycles. The number of unbranched alkanes of at least 4 members (excludes halogenated alkanes) is 1. The Labute approximate surface area is 149 Å². The first kappa shape index (κ1) is 21.2. The molecule has 1 aromatic carbocycles. The summed E-state index contributed by atoms with van der Waals surface area (Å²) >= 11 is 0. The largest absolute Gasteiger partial charge is 0.508 e. The molecule has 0 bridgehead atoms. The lowest BCUT2D eigenvalue weighted by Crippen LogP contribution is -2.06. The summed E-state index contributed by atoms with van der Waals surface area (Å²) in [7, 11) is 0. The molecule has 2 heterocycles. The zero-order valence-corrected chi connectivity index (χ0v) is 14.7. The van der Waals surface area contributed by atoms with Gasteiger partial charge in [0.25, 0.3) is 0 Å². The van der Waals surface area contributed by atoms with Crippen LogP contribution in [0.2, 0.25) is 0 Å². The number of epoxide rings is 2. The molecular formula is C19H28O6. The van der Waals surface area contributed by atoms with Crippen molar-refractivity contribution in [1.29, 1.82) is 0 Å². The van der Waals surface area contributed by atoms with E-state index in [1.165, 1.54) is 6.42 Å². The van der Waals surface area contributed by atoms with Crippen LogP contribution in [0.25, 0.3) is 0 Å². The molecular weight excluding hydrogens is 324 g/mol. The van der Waals surface area contributed by atoms with Gasteiger partial charge in [-0.15, -0.1) is 0 Å². The summed E-state index contributed by atoms with van der Waals surface area (Å²) in [5.41, 5.74) is 1.06. The van der Waals surface area contributed by atoms with Gasteiger partial charge in [0, 0.05) is 6.08 Å². The standard InChI is InChI=1S/C10H14O.C6H10O3.C3H4O2/c1-2-3-6-9-7-4-5-8-10(9)11;1(5-3-8-5)7-2-6-4-9-6;1-2-3(4)5/h4-5,7-8,11H,2-3,6H2,1H3;5-6H,1-4H2;2H,1H2,(H,4,5). The fraction of sp³-hybridized carbons (Fsp3) is 0.526. The lowest BCUT2D eigenvalue weighted by Gasteiger charge is -2.01. The van der Waals surface area contributed by atoms with E-state index in [0.29, 0.717) is 18.0 Å². The molecule has 0 saturated carbocycles. The van der Waals surface area contributed by atoms with Gasteiger partial charge in [-0.3, -0.25) is 0 Å². The minimum Gasteiger partial charge on any atom is -0.508 e. The molecule has 1 aromatic rings. The van der Waals surface area contributed by atoms with Crippen LogP contribution < -0.4 is 0 Å². The van der Waals surface area contributed by atoms with Gasteiger partial charge in [0.1, 0.15) is 18.0 Å². The molecule has 0 amide bonds. The summed E-state index contributed by atoms with van der Waals surface area (Å²) in [6.45, 7) is 8.37. The van der Waals surface area contributed by atoms with E-state index in [1.54, 1.807) is 6.07 Å². The highest BCUT2D eigenvalue weighted by Gasteiger charge is 2.26. The van der Waals surface area contributed by atoms with Crippen LogP contribution >= 0.6 is 0 Å². The fourth-order valence-electron chi connectivity index (χ4n) is 1.75. The number of carboxylic acid groups (broad SMARTS) is 1. The number of carboxylic acids is 1. The third-order valence-corrected chi connectivity index (χ3v) is 3.38. The number of hydrogen-bond donors (Lipinski definition) is 2. The minimum absolute atomic E-state index is 0.392. The quantitative estimate of drug-likeness (QED) is 0.552. The van der Waals surface area contributed by atoms with E-state index >= 15 is 0 Å². The van der Waals surface area contributed by atoms with Crippen molar-refractivity contribution in [3.8, 4) is 5.75 Å². The second-order valence-electron chi connectivity index (χ2n) is 5.72. The number of hydrogen-bond acceptors (Lipinski definition) is 5. The Hall–Kier alpha value is -1.89. The zero-order valence-electron chi connectivity index (χ0n) is 14.7. The zero-order chi connectivity index (χ0) is 18.5. The van der Waals surface area contributed by atoms with Crippen molar-refractivity contribution in [3.05, 3.63) is 42.5 Å². The monoisotopic (exact) mass is 352 g/mol. The van der Waals surface area contributed by atoms with Crippen LogP contribution in [-0.4, -0.2) is 54.8 Å². The third kappa shape index (κ3) is 12.2. The van der Waals surface area contributed by atoms with Gasteiger partial charge in [0.15, 0.2) is 0 Å². The van der Waals surface area contributed by atoms with Crippen molar-refractivity contribution in [2.75, 3.05) is 26.4 Å². The van der Waals surface area contributed by atoms with Crippen LogP contribution in [0.4, 0.5) is 0 Å². The van der Waals surface area contributed by atoms with Gasteiger partial charge < -0.3 is 24.4 Å². The summed E-state index contributed by atoms with van der Waals surface area (Å²) in [6.07, 6.45) is 4.93. The van der Waals surface area contributed by atoms with Crippen LogP contribution in [0.5, 0.6) is 5.75 Å². The Balaban J connectivity index is 0.000000201. The number of aryl methyl sites for hydroxylation is 1.